The fraction of sp³-hybridized carbons (Fsp3) is 0.500. The van der Waals surface area contributed by atoms with Gasteiger partial charge in [0.25, 0.3) is 0 Å². The second-order valence-electron chi connectivity index (χ2n) is 11.1. The highest BCUT2D eigenvalue weighted by Gasteiger charge is 2.45. The number of aliphatic hydroxyl groups excluding tert-OH is 1. The minimum absolute atomic E-state index is 0. The number of amides is 4. The summed E-state index contributed by atoms with van der Waals surface area (Å²) in [4.78, 5) is 45.3. The number of rotatable bonds is 8. The van der Waals surface area contributed by atoms with Crippen molar-refractivity contribution in [3.8, 4) is 0 Å². The van der Waals surface area contributed by atoms with Gasteiger partial charge >= 0.3 is 6.03 Å². The zero-order valence-corrected chi connectivity index (χ0v) is 23.5. The summed E-state index contributed by atoms with van der Waals surface area (Å²) in [6.07, 6.45) is 2.28. The molecule has 4 amide bonds. The van der Waals surface area contributed by atoms with Crippen LogP contribution in [0.25, 0.3) is 0 Å². The number of nitrogens with one attached hydrogen (secondary N) is 1. The molecule has 39 heavy (non-hydrogen) atoms. The molecule has 2 fully saturated rings. The number of benzene rings is 2. The van der Waals surface area contributed by atoms with E-state index in [9.17, 15) is 19.5 Å². The van der Waals surface area contributed by atoms with Crippen LogP contribution in [-0.2, 0) is 16.1 Å². The molecule has 2 saturated heterocycles. The molecule has 0 radical (unpaired) electrons. The smallest absolute Gasteiger partial charge is 0.322 e. The number of urea groups is 1. The number of nitrogens with zero attached hydrogens (tertiary/aromatic N) is 3. The molecule has 0 spiro atoms. The van der Waals surface area contributed by atoms with Crippen molar-refractivity contribution in [2.75, 3.05) is 25.0 Å². The van der Waals surface area contributed by atoms with Crippen LogP contribution in [0.5, 0.6) is 0 Å². The summed E-state index contributed by atoms with van der Waals surface area (Å²) in [5.41, 5.74) is 2.98. The molecule has 0 bridgehead atoms. The van der Waals surface area contributed by atoms with Gasteiger partial charge in [-0.3, -0.25) is 9.59 Å². The van der Waals surface area contributed by atoms with E-state index in [2.05, 4.69) is 19.2 Å². The molecule has 5 rings (SSSR count). The van der Waals surface area contributed by atoms with Crippen LogP contribution < -0.4 is 5.32 Å². The third-order valence-electron chi connectivity index (χ3n) is 7.99. The van der Waals surface area contributed by atoms with Gasteiger partial charge in [0.2, 0.25) is 11.8 Å². The van der Waals surface area contributed by atoms with Gasteiger partial charge in [0.15, 0.2) is 0 Å². The molecule has 3 aliphatic rings. The normalized spacial score (nSPS) is 22.7. The van der Waals surface area contributed by atoms with Crippen LogP contribution in [0.3, 0.4) is 0 Å². The van der Waals surface area contributed by atoms with E-state index in [1.807, 2.05) is 69.3 Å². The molecule has 2 unspecified atom stereocenters. The second kappa shape index (κ2) is 12.0. The first-order valence-electron chi connectivity index (χ1n) is 13.9. The Hall–Kier alpha value is -3.04. The van der Waals surface area contributed by atoms with Crippen LogP contribution in [0.2, 0.25) is 0 Å². The van der Waals surface area contributed by atoms with Crippen molar-refractivity contribution in [1.29, 1.82) is 0 Å². The number of hydrogen-bond donors (Lipinski definition) is 2. The molecule has 3 atom stereocenters. The van der Waals surface area contributed by atoms with E-state index in [-0.39, 0.29) is 49.8 Å². The zero-order valence-electron chi connectivity index (χ0n) is 22.7. The summed E-state index contributed by atoms with van der Waals surface area (Å²) in [5, 5.41) is 12.5. The lowest BCUT2D eigenvalue weighted by atomic mass is 10.00. The van der Waals surface area contributed by atoms with Gasteiger partial charge in [0, 0.05) is 39.2 Å². The quantitative estimate of drug-likeness (QED) is 0.495. The van der Waals surface area contributed by atoms with Gasteiger partial charge in [-0.05, 0) is 42.4 Å². The number of hydrogen-bond acceptors (Lipinski definition) is 5. The van der Waals surface area contributed by atoms with Crippen LogP contribution in [0, 0.1) is 5.92 Å². The van der Waals surface area contributed by atoms with Crippen molar-refractivity contribution < 1.29 is 20.9 Å². The molecule has 2 aromatic rings. The minimum Gasteiger partial charge on any atom is -0.394 e. The Morgan fingerprint density at radius 2 is 1.77 bits per heavy atom. The van der Waals surface area contributed by atoms with Gasteiger partial charge in [-0.2, -0.15) is 0 Å². The summed E-state index contributed by atoms with van der Waals surface area (Å²) >= 11 is 1.52. The number of carbonyl (C=O) groups excluding carboxylic acids is 3. The van der Waals surface area contributed by atoms with E-state index < -0.39 is 5.25 Å². The van der Waals surface area contributed by atoms with Gasteiger partial charge in [0.1, 0.15) is 5.37 Å². The van der Waals surface area contributed by atoms with E-state index in [1.165, 1.54) is 11.8 Å². The lowest BCUT2D eigenvalue weighted by Crippen LogP contribution is -2.51. The maximum absolute atomic E-state index is 13.7. The predicted octanol–water partition coefficient (Wildman–Crippen LogP) is 4.71. The number of aliphatic hydroxyl groups is 1. The SMILES string of the molecule is CC(C)C[C@H](CO)N1C(=O)C(CC(=O)N2CCC(N3Cc4ccccc4NC3=O)CC2)SC1c1ccccc1.[HH]. The first-order chi connectivity index (χ1) is 18.9. The second-order valence-corrected chi connectivity index (χ2v) is 12.4. The van der Waals surface area contributed by atoms with Gasteiger partial charge in [0.05, 0.1) is 17.9 Å². The van der Waals surface area contributed by atoms with Gasteiger partial charge < -0.3 is 25.1 Å². The highest BCUT2D eigenvalue weighted by Crippen LogP contribution is 2.46. The van der Waals surface area contributed by atoms with E-state index >= 15 is 0 Å². The van der Waals surface area contributed by atoms with Crippen molar-refractivity contribution in [2.24, 2.45) is 5.92 Å². The topological polar surface area (TPSA) is 93.2 Å². The van der Waals surface area contributed by atoms with Crippen molar-refractivity contribution in [3.05, 3.63) is 65.7 Å². The van der Waals surface area contributed by atoms with Crippen molar-refractivity contribution in [2.45, 2.75) is 68.8 Å². The molecule has 0 saturated carbocycles. The standard InChI is InChI=1S/C30H38N4O4S.H2/c1-20(2)16-24(19-35)34-28(37)26(39-29(34)21-8-4-3-5-9-21)17-27(36)32-14-12-23(13-15-32)33-18-22-10-6-7-11-25(22)31-30(33)38;/h3-11,20,23-24,26,29,35H,12-19H2,1-2H3,(H,31,38);1H/t24-,26?,29?;/m1./s1. The number of thioether (sulfide) groups is 1. The third kappa shape index (κ3) is 5.94. The maximum Gasteiger partial charge on any atom is 0.322 e. The maximum atomic E-state index is 13.7. The molecule has 210 valence electrons. The van der Waals surface area contributed by atoms with E-state index in [0.29, 0.717) is 44.8 Å². The number of likely N-dealkylation sites (tertiary alicyclic amines) is 1. The Balaban J connectivity index is 0.00000370. The fourth-order valence-corrected chi connectivity index (χ4v) is 7.49. The van der Waals surface area contributed by atoms with Crippen LogP contribution in [0.4, 0.5) is 10.5 Å². The monoisotopic (exact) mass is 552 g/mol. The molecular weight excluding hydrogens is 512 g/mol. The average Bonchev–Trinajstić information content (AvgIpc) is 3.27. The Bertz CT molecular complexity index is 1190. The number of carbonyl (C=O) groups is 3. The van der Waals surface area contributed by atoms with E-state index in [4.69, 9.17) is 0 Å². The van der Waals surface area contributed by atoms with Crippen molar-refractivity contribution in [3.63, 3.8) is 0 Å². The lowest BCUT2D eigenvalue weighted by molar-refractivity contribution is -0.138. The number of piperidine rings is 1. The third-order valence-corrected chi connectivity index (χ3v) is 9.44. The first-order valence-corrected chi connectivity index (χ1v) is 14.9. The lowest BCUT2D eigenvalue weighted by Gasteiger charge is -2.40. The summed E-state index contributed by atoms with van der Waals surface area (Å²) in [6.45, 7) is 5.79. The van der Waals surface area contributed by atoms with E-state index in [0.717, 1.165) is 16.8 Å². The predicted molar refractivity (Wildman–Crippen MR) is 155 cm³/mol. The average molecular weight is 553 g/mol. The molecule has 9 heteroatoms. The van der Waals surface area contributed by atoms with Crippen molar-refractivity contribution >= 4 is 35.3 Å². The number of para-hydroxylation sites is 1. The highest BCUT2D eigenvalue weighted by atomic mass is 32.2. The first kappa shape index (κ1) is 27.5. The highest BCUT2D eigenvalue weighted by molar-refractivity contribution is 8.01. The Morgan fingerprint density at radius 3 is 2.46 bits per heavy atom. The van der Waals surface area contributed by atoms with Gasteiger partial charge in [-0.1, -0.05) is 62.4 Å². The molecule has 2 N–H and O–H groups in total. The number of anilines is 1. The summed E-state index contributed by atoms with van der Waals surface area (Å²) in [7, 11) is 0. The molecule has 3 aliphatic heterocycles. The molecule has 0 aliphatic carbocycles. The zero-order chi connectivity index (χ0) is 27.5. The molecular formula is C30H40N4O4S. The van der Waals surface area contributed by atoms with Crippen LogP contribution >= 0.6 is 11.8 Å². The van der Waals surface area contributed by atoms with Crippen LogP contribution in [-0.4, -0.2) is 74.7 Å². The van der Waals surface area contributed by atoms with Crippen LogP contribution in [0.1, 0.15) is 57.5 Å². The molecule has 0 aromatic heterocycles. The summed E-state index contributed by atoms with van der Waals surface area (Å²) in [5.74, 6) is 0.236. The van der Waals surface area contributed by atoms with Gasteiger partial charge in [-0.25, -0.2) is 4.79 Å². The molecule has 2 aromatic carbocycles. The molecule has 3 heterocycles. The Kier molecular flexibility index (Phi) is 8.47. The van der Waals surface area contributed by atoms with Crippen LogP contribution in [0.15, 0.2) is 54.6 Å². The summed E-state index contributed by atoms with van der Waals surface area (Å²) < 4.78 is 0. The minimum atomic E-state index is -0.481. The molecule has 8 nitrogen and oxygen atoms in total. The fourth-order valence-electron chi connectivity index (χ4n) is 5.98. The Morgan fingerprint density at radius 1 is 1.08 bits per heavy atom. The summed E-state index contributed by atoms with van der Waals surface area (Å²) in [6, 6.07) is 17.4. The largest absolute Gasteiger partial charge is 0.394 e. The van der Waals surface area contributed by atoms with E-state index in [1.54, 1.807) is 0 Å². The van der Waals surface area contributed by atoms with Gasteiger partial charge in [-0.15, -0.1) is 11.8 Å². The van der Waals surface area contributed by atoms with Crippen molar-refractivity contribution in [1.82, 2.24) is 14.7 Å². The Labute approximate surface area is 236 Å². The number of fused-ring (bicyclic) bond motifs is 1.